The van der Waals surface area contributed by atoms with Crippen LogP contribution in [-0.2, 0) is 9.59 Å². The number of amides is 2. The number of hydrogen-bond acceptors (Lipinski definition) is 3. The molecule has 1 saturated heterocycles. The van der Waals surface area contributed by atoms with Crippen molar-refractivity contribution < 1.29 is 9.59 Å². The van der Waals surface area contributed by atoms with Crippen LogP contribution in [0.15, 0.2) is 0 Å². The van der Waals surface area contributed by atoms with Gasteiger partial charge in [0.1, 0.15) is 0 Å². The van der Waals surface area contributed by atoms with Gasteiger partial charge in [0.15, 0.2) is 0 Å². The lowest BCUT2D eigenvalue weighted by atomic mass is 10.2. The molecule has 98 valence electrons. The molecule has 1 aliphatic heterocycles. The molecule has 1 fully saturated rings. The molecular weight excluding hydrogens is 218 g/mol. The van der Waals surface area contributed by atoms with Gasteiger partial charge in [-0.25, -0.2) is 0 Å². The summed E-state index contributed by atoms with van der Waals surface area (Å²) in [6, 6.07) is 0.109. The Kier molecular flexibility index (Phi) is 5.41. The molecule has 0 aliphatic carbocycles. The monoisotopic (exact) mass is 241 g/mol. The van der Waals surface area contributed by atoms with E-state index in [0.29, 0.717) is 32.5 Å². The van der Waals surface area contributed by atoms with Crippen molar-refractivity contribution >= 4 is 11.8 Å². The molecule has 0 saturated carbocycles. The van der Waals surface area contributed by atoms with Crippen molar-refractivity contribution in [1.29, 1.82) is 0 Å². The molecule has 0 unspecified atom stereocenters. The van der Waals surface area contributed by atoms with Crippen LogP contribution in [0.4, 0.5) is 0 Å². The molecule has 2 N–H and O–H groups in total. The summed E-state index contributed by atoms with van der Waals surface area (Å²) in [7, 11) is 0. The molecule has 17 heavy (non-hydrogen) atoms. The Hall–Kier alpha value is -1.10. The van der Waals surface area contributed by atoms with Gasteiger partial charge in [-0.2, -0.15) is 0 Å². The number of carbonyl (C=O) groups excluding carboxylic acids is 2. The van der Waals surface area contributed by atoms with Gasteiger partial charge in [0.2, 0.25) is 11.8 Å². The highest BCUT2D eigenvalue weighted by atomic mass is 16.2. The Labute approximate surface area is 103 Å². The maximum Gasteiger partial charge on any atom is 0.223 e. The van der Waals surface area contributed by atoms with Gasteiger partial charge in [-0.1, -0.05) is 0 Å². The highest BCUT2D eigenvalue weighted by Gasteiger charge is 2.24. The Morgan fingerprint density at radius 1 is 1.29 bits per heavy atom. The third-order valence-corrected chi connectivity index (χ3v) is 3.25. The van der Waals surface area contributed by atoms with E-state index in [-0.39, 0.29) is 17.9 Å². The van der Waals surface area contributed by atoms with Crippen molar-refractivity contribution in [1.82, 2.24) is 9.80 Å². The van der Waals surface area contributed by atoms with Gasteiger partial charge in [-0.05, 0) is 20.3 Å². The Balaban J connectivity index is 2.30. The van der Waals surface area contributed by atoms with E-state index in [1.165, 1.54) is 0 Å². The van der Waals surface area contributed by atoms with Crippen LogP contribution in [0.3, 0.4) is 0 Å². The fraction of sp³-hybridized carbons (Fsp3) is 0.833. The summed E-state index contributed by atoms with van der Waals surface area (Å²) in [6.45, 7) is 6.68. The minimum Gasteiger partial charge on any atom is -0.343 e. The van der Waals surface area contributed by atoms with Gasteiger partial charge in [-0.15, -0.1) is 0 Å². The van der Waals surface area contributed by atoms with Crippen molar-refractivity contribution in [2.24, 2.45) is 5.73 Å². The SMILES string of the molecule is CCN(CC)C(=O)CCC(=O)N1CC[C@@H](N)C1. The van der Waals surface area contributed by atoms with Crippen LogP contribution >= 0.6 is 0 Å². The van der Waals surface area contributed by atoms with Gasteiger partial charge < -0.3 is 15.5 Å². The molecule has 0 bridgehead atoms. The van der Waals surface area contributed by atoms with E-state index >= 15 is 0 Å². The van der Waals surface area contributed by atoms with Crippen LogP contribution in [0.1, 0.15) is 33.1 Å². The molecule has 5 heteroatoms. The minimum atomic E-state index is 0.0541. The predicted molar refractivity (Wildman–Crippen MR) is 66.3 cm³/mol. The molecule has 0 aromatic carbocycles. The Morgan fingerprint density at radius 3 is 2.41 bits per heavy atom. The Morgan fingerprint density at radius 2 is 1.94 bits per heavy atom. The summed E-state index contributed by atoms with van der Waals surface area (Å²) >= 11 is 0. The second kappa shape index (κ2) is 6.59. The molecule has 0 aromatic rings. The van der Waals surface area contributed by atoms with Gasteiger partial charge in [0.25, 0.3) is 0 Å². The standard InChI is InChI=1S/C12H23N3O2/c1-3-14(4-2)11(16)5-6-12(17)15-8-7-10(13)9-15/h10H,3-9,13H2,1-2H3/t10-/m1/s1. The normalized spacial score (nSPS) is 19.5. The fourth-order valence-corrected chi connectivity index (χ4v) is 2.12. The first-order chi connectivity index (χ1) is 8.08. The van der Waals surface area contributed by atoms with Crippen molar-refractivity contribution in [2.45, 2.75) is 39.2 Å². The number of carbonyl (C=O) groups is 2. The summed E-state index contributed by atoms with van der Waals surface area (Å²) in [4.78, 5) is 27.0. The lowest BCUT2D eigenvalue weighted by Crippen LogP contribution is -2.34. The predicted octanol–water partition coefficient (Wildman–Crippen LogP) is 0.195. The quantitative estimate of drug-likeness (QED) is 0.747. The summed E-state index contributed by atoms with van der Waals surface area (Å²) in [5, 5.41) is 0. The van der Waals surface area contributed by atoms with Crippen LogP contribution in [0.25, 0.3) is 0 Å². The minimum absolute atomic E-state index is 0.0541. The summed E-state index contributed by atoms with van der Waals surface area (Å²) in [5.41, 5.74) is 5.74. The van der Waals surface area contributed by atoms with Crippen molar-refractivity contribution in [3.8, 4) is 0 Å². The van der Waals surface area contributed by atoms with E-state index in [2.05, 4.69) is 0 Å². The van der Waals surface area contributed by atoms with Crippen molar-refractivity contribution in [3.05, 3.63) is 0 Å². The van der Waals surface area contributed by atoms with Crippen LogP contribution in [-0.4, -0.2) is 53.8 Å². The van der Waals surface area contributed by atoms with Gasteiger partial charge in [0.05, 0.1) is 0 Å². The first-order valence-corrected chi connectivity index (χ1v) is 6.39. The molecule has 5 nitrogen and oxygen atoms in total. The van der Waals surface area contributed by atoms with E-state index in [4.69, 9.17) is 5.73 Å². The molecule has 0 radical (unpaired) electrons. The summed E-state index contributed by atoms with van der Waals surface area (Å²) in [5.74, 6) is 0.116. The van der Waals surface area contributed by atoms with Crippen LogP contribution in [0.5, 0.6) is 0 Å². The number of nitrogens with zero attached hydrogens (tertiary/aromatic N) is 2. The first-order valence-electron chi connectivity index (χ1n) is 6.39. The molecular formula is C12H23N3O2. The largest absolute Gasteiger partial charge is 0.343 e. The van der Waals surface area contributed by atoms with Crippen molar-refractivity contribution in [2.75, 3.05) is 26.2 Å². The number of rotatable bonds is 5. The van der Waals surface area contributed by atoms with E-state index in [1.807, 2.05) is 13.8 Å². The lowest BCUT2D eigenvalue weighted by Gasteiger charge is -2.20. The highest BCUT2D eigenvalue weighted by Crippen LogP contribution is 2.10. The third kappa shape index (κ3) is 4.00. The maximum atomic E-state index is 11.8. The Bertz CT molecular complexity index is 277. The topological polar surface area (TPSA) is 66.6 Å². The van der Waals surface area contributed by atoms with Gasteiger partial charge >= 0.3 is 0 Å². The number of likely N-dealkylation sites (tertiary alicyclic amines) is 1. The highest BCUT2D eigenvalue weighted by molar-refractivity contribution is 5.84. The zero-order valence-electron chi connectivity index (χ0n) is 10.8. The second-order valence-electron chi connectivity index (χ2n) is 4.45. The number of hydrogen-bond donors (Lipinski definition) is 1. The third-order valence-electron chi connectivity index (χ3n) is 3.25. The van der Waals surface area contributed by atoms with E-state index in [1.54, 1.807) is 9.80 Å². The molecule has 1 atom stereocenters. The van der Waals surface area contributed by atoms with Crippen molar-refractivity contribution in [3.63, 3.8) is 0 Å². The molecule has 1 heterocycles. The lowest BCUT2D eigenvalue weighted by molar-refractivity contribution is -0.136. The first kappa shape index (κ1) is 14.0. The molecule has 2 amide bonds. The number of nitrogens with two attached hydrogens (primary N) is 1. The van der Waals surface area contributed by atoms with E-state index in [0.717, 1.165) is 13.0 Å². The van der Waals surface area contributed by atoms with Crippen LogP contribution in [0.2, 0.25) is 0 Å². The summed E-state index contributed by atoms with van der Waals surface area (Å²) < 4.78 is 0. The fourth-order valence-electron chi connectivity index (χ4n) is 2.12. The zero-order chi connectivity index (χ0) is 12.8. The molecule has 0 spiro atoms. The smallest absolute Gasteiger partial charge is 0.223 e. The maximum absolute atomic E-state index is 11.8. The zero-order valence-corrected chi connectivity index (χ0v) is 10.8. The molecule has 0 aromatic heterocycles. The van der Waals surface area contributed by atoms with Crippen LogP contribution < -0.4 is 5.73 Å². The van der Waals surface area contributed by atoms with E-state index < -0.39 is 0 Å². The van der Waals surface area contributed by atoms with Gasteiger partial charge in [0, 0.05) is 45.1 Å². The molecule has 1 aliphatic rings. The van der Waals surface area contributed by atoms with Crippen LogP contribution in [0, 0.1) is 0 Å². The average molecular weight is 241 g/mol. The summed E-state index contributed by atoms with van der Waals surface area (Å²) in [6.07, 6.45) is 1.49. The average Bonchev–Trinajstić information content (AvgIpc) is 2.74. The molecule has 1 rings (SSSR count). The van der Waals surface area contributed by atoms with Gasteiger partial charge in [-0.3, -0.25) is 9.59 Å². The second-order valence-corrected chi connectivity index (χ2v) is 4.45. The van der Waals surface area contributed by atoms with E-state index in [9.17, 15) is 9.59 Å².